The molecule has 2 aromatic rings. The number of hydrazone groups is 1. The van der Waals surface area contributed by atoms with Crippen molar-refractivity contribution >= 4 is 33.0 Å². The Labute approximate surface area is 134 Å². The Bertz CT molecular complexity index is 695. The van der Waals surface area contributed by atoms with Gasteiger partial charge in [-0.05, 0) is 19.9 Å². The highest BCUT2D eigenvalue weighted by Gasteiger charge is 2.18. The van der Waals surface area contributed by atoms with Crippen LogP contribution in [0, 0.1) is 0 Å². The number of rotatable bonds is 3. The Morgan fingerprint density at radius 1 is 1.27 bits per heavy atom. The molecule has 0 atom stereocenters. The molecule has 1 N–H and O–H groups in total. The molecular weight excluding hydrogens is 294 g/mol. The first-order valence-electron chi connectivity index (χ1n) is 7.71. The van der Waals surface area contributed by atoms with Crippen LogP contribution in [0.5, 0.6) is 0 Å². The van der Waals surface area contributed by atoms with E-state index in [1.165, 1.54) is 0 Å². The third-order valence-electron chi connectivity index (χ3n) is 4.15. The number of fused-ring (bicyclic) bond motifs is 1. The van der Waals surface area contributed by atoms with E-state index in [2.05, 4.69) is 29.3 Å². The summed E-state index contributed by atoms with van der Waals surface area (Å²) in [6, 6.07) is 8.54. The molecule has 5 heteroatoms. The van der Waals surface area contributed by atoms with E-state index < -0.39 is 0 Å². The molecule has 0 spiro atoms. The maximum Gasteiger partial charge on any atom is 0.272 e. The number of piperidine rings is 1. The normalized spacial score (nSPS) is 16.2. The van der Waals surface area contributed by atoms with Crippen LogP contribution in [-0.4, -0.2) is 35.7 Å². The molecule has 4 nitrogen and oxygen atoms in total. The van der Waals surface area contributed by atoms with Crippen LogP contribution in [0.3, 0.4) is 0 Å². The molecule has 1 aliphatic heterocycles. The first-order chi connectivity index (χ1) is 10.6. The molecule has 3 rings (SSSR count). The maximum absolute atomic E-state index is 12.3. The zero-order valence-corrected chi connectivity index (χ0v) is 13.8. The minimum absolute atomic E-state index is 0.115. The molecule has 1 aromatic heterocycles. The smallest absolute Gasteiger partial charge is 0.272 e. The van der Waals surface area contributed by atoms with Crippen molar-refractivity contribution in [2.24, 2.45) is 5.10 Å². The van der Waals surface area contributed by atoms with Gasteiger partial charge in [0.25, 0.3) is 5.91 Å². The van der Waals surface area contributed by atoms with Gasteiger partial charge in [0.15, 0.2) is 0 Å². The number of nitrogens with zero attached hydrogens (tertiary/aromatic N) is 2. The quantitative estimate of drug-likeness (QED) is 0.881. The summed E-state index contributed by atoms with van der Waals surface area (Å²) in [6.45, 7) is 6.47. The second kappa shape index (κ2) is 6.58. The van der Waals surface area contributed by atoms with Crippen molar-refractivity contribution < 1.29 is 4.79 Å². The van der Waals surface area contributed by atoms with E-state index in [4.69, 9.17) is 0 Å². The molecule has 1 saturated heterocycles. The maximum atomic E-state index is 12.3. The summed E-state index contributed by atoms with van der Waals surface area (Å²) < 4.78 is 1.13. The monoisotopic (exact) mass is 315 g/mol. The van der Waals surface area contributed by atoms with Crippen molar-refractivity contribution in [1.82, 2.24) is 10.3 Å². The van der Waals surface area contributed by atoms with Crippen molar-refractivity contribution in [1.29, 1.82) is 0 Å². The van der Waals surface area contributed by atoms with Crippen LogP contribution >= 0.6 is 11.3 Å². The van der Waals surface area contributed by atoms with Crippen LogP contribution in [-0.2, 0) is 0 Å². The third kappa shape index (κ3) is 3.20. The zero-order chi connectivity index (χ0) is 15.5. The van der Waals surface area contributed by atoms with Crippen molar-refractivity contribution in [3.8, 4) is 0 Å². The van der Waals surface area contributed by atoms with Crippen molar-refractivity contribution in [3.63, 3.8) is 0 Å². The highest BCUT2D eigenvalue weighted by atomic mass is 32.1. The van der Waals surface area contributed by atoms with Crippen molar-refractivity contribution in [2.75, 3.05) is 13.1 Å². The van der Waals surface area contributed by atoms with Crippen molar-refractivity contribution in [3.05, 3.63) is 35.2 Å². The van der Waals surface area contributed by atoms with Gasteiger partial charge >= 0.3 is 0 Å². The molecule has 1 amide bonds. The molecular formula is C17H21N3OS. The second-order valence-corrected chi connectivity index (χ2v) is 6.81. The van der Waals surface area contributed by atoms with Gasteiger partial charge in [0.1, 0.15) is 0 Å². The molecule has 0 saturated carbocycles. The first kappa shape index (κ1) is 15.2. The van der Waals surface area contributed by atoms with Crippen LogP contribution in [0.25, 0.3) is 10.1 Å². The van der Waals surface area contributed by atoms with E-state index in [9.17, 15) is 4.79 Å². The summed E-state index contributed by atoms with van der Waals surface area (Å²) >= 11 is 1.59. The fourth-order valence-electron chi connectivity index (χ4n) is 2.75. The van der Waals surface area contributed by atoms with Gasteiger partial charge in [-0.3, -0.25) is 4.79 Å². The molecule has 22 heavy (non-hydrogen) atoms. The molecule has 0 radical (unpaired) electrons. The fraction of sp³-hybridized carbons (Fsp3) is 0.412. The average Bonchev–Trinajstić information content (AvgIpc) is 2.97. The topological polar surface area (TPSA) is 44.7 Å². The van der Waals surface area contributed by atoms with Gasteiger partial charge in [-0.2, -0.15) is 5.10 Å². The Hall–Kier alpha value is -1.72. The molecule has 0 aliphatic carbocycles. The fourth-order valence-corrected chi connectivity index (χ4v) is 3.69. The lowest BCUT2D eigenvalue weighted by atomic mass is 10.1. The van der Waals surface area contributed by atoms with Gasteiger partial charge < -0.3 is 4.90 Å². The number of nitrogens with one attached hydrogen (secondary N) is 1. The predicted octanol–water partition coefficient (Wildman–Crippen LogP) is 3.49. The Morgan fingerprint density at radius 3 is 2.73 bits per heavy atom. The van der Waals surface area contributed by atoms with E-state index in [1.807, 2.05) is 29.6 Å². The van der Waals surface area contributed by atoms with E-state index in [-0.39, 0.29) is 5.91 Å². The summed E-state index contributed by atoms with van der Waals surface area (Å²) in [5.74, 6) is -0.115. The number of benzene rings is 1. The summed E-state index contributed by atoms with van der Waals surface area (Å²) in [6.07, 6.45) is 1.87. The lowest BCUT2D eigenvalue weighted by Gasteiger charge is -2.30. The van der Waals surface area contributed by atoms with Crippen molar-refractivity contribution in [2.45, 2.75) is 32.7 Å². The molecule has 1 fully saturated rings. The second-order valence-electron chi connectivity index (χ2n) is 5.89. The largest absolute Gasteiger partial charge is 0.300 e. The predicted molar refractivity (Wildman–Crippen MR) is 92.7 cm³/mol. The summed E-state index contributed by atoms with van der Waals surface area (Å²) in [5.41, 5.74) is 4.53. The van der Waals surface area contributed by atoms with Crippen LogP contribution in [0.15, 0.2) is 34.7 Å². The number of likely N-dealkylation sites (tertiary alicyclic amines) is 1. The standard InChI is InChI=1S/C17H21N3OS/c1-12(2)20-9-7-13(8-10-20)18-19-17(21)15-11-22-16-6-4-3-5-14(15)16/h3-6,11-12H,7-10H2,1-2H3,(H,19,21). The zero-order valence-electron chi connectivity index (χ0n) is 13.0. The molecule has 116 valence electrons. The molecule has 1 aromatic carbocycles. The summed E-state index contributed by atoms with van der Waals surface area (Å²) in [5, 5.41) is 7.24. The van der Waals surface area contributed by atoms with Crippen LogP contribution < -0.4 is 5.43 Å². The van der Waals surface area contributed by atoms with Gasteiger partial charge in [0.2, 0.25) is 0 Å². The van der Waals surface area contributed by atoms with Gasteiger partial charge in [-0.15, -0.1) is 11.3 Å². The number of thiophene rings is 1. The Morgan fingerprint density at radius 2 is 2.00 bits per heavy atom. The first-order valence-corrected chi connectivity index (χ1v) is 8.59. The lowest BCUT2D eigenvalue weighted by molar-refractivity contribution is 0.0956. The average molecular weight is 315 g/mol. The van der Waals surface area contributed by atoms with Gasteiger partial charge in [-0.25, -0.2) is 5.43 Å². The number of hydrogen-bond acceptors (Lipinski definition) is 4. The Balaban J connectivity index is 1.64. The van der Waals surface area contributed by atoms with E-state index in [0.717, 1.165) is 41.7 Å². The SMILES string of the molecule is CC(C)N1CCC(=NNC(=O)c2csc3ccccc23)CC1. The summed E-state index contributed by atoms with van der Waals surface area (Å²) in [7, 11) is 0. The number of amides is 1. The number of hydrogen-bond donors (Lipinski definition) is 1. The van der Waals surface area contributed by atoms with Crippen LogP contribution in [0.2, 0.25) is 0 Å². The Kier molecular flexibility index (Phi) is 4.55. The number of carbonyl (C=O) groups excluding carboxylic acids is 1. The molecule has 2 heterocycles. The van der Waals surface area contributed by atoms with Crippen LogP contribution in [0.4, 0.5) is 0 Å². The lowest BCUT2D eigenvalue weighted by Crippen LogP contribution is -2.39. The minimum Gasteiger partial charge on any atom is -0.300 e. The highest BCUT2D eigenvalue weighted by Crippen LogP contribution is 2.25. The number of carbonyl (C=O) groups is 1. The molecule has 0 unspecified atom stereocenters. The summed E-state index contributed by atoms with van der Waals surface area (Å²) in [4.78, 5) is 14.8. The van der Waals surface area contributed by atoms with Crippen LogP contribution in [0.1, 0.15) is 37.0 Å². The minimum atomic E-state index is -0.115. The third-order valence-corrected chi connectivity index (χ3v) is 5.11. The van der Waals surface area contributed by atoms with Gasteiger partial charge in [0, 0.05) is 53.2 Å². The van der Waals surface area contributed by atoms with E-state index >= 15 is 0 Å². The van der Waals surface area contributed by atoms with E-state index in [1.54, 1.807) is 11.3 Å². The van der Waals surface area contributed by atoms with Gasteiger partial charge in [0.05, 0.1) is 5.56 Å². The van der Waals surface area contributed by atoms with Gasteiger partial charge in [-0.1, -0.05) is 18.2 Å². The van der Waals surface area contributed by atoms with E-state index in [0.29, 0.717) is 11.6 Å². The molecule has 0 bridgehead atoms. The highest BCUT2D eigenvalue weighted by molar-refractivity contribution is 7.17. The molecule has 1 aliphatic rings.